The minimum atomic E-state index is -0.442. The summed E-state index contributed by atoms with van der Waals surface area (Å²) in [6.07, 6.45) is 0. The van der Waals surface area contributed by atoms with Crippen molar-refractivity contribution < 1.29 is 4.39 Å². The van der Waals surface area contributed by atoms with Gasteiger partial charge in [0, 0.05) is 11.4 Å². The maximum Gasteiger partial charge on any atom is 0.194 e. The molecule has 11 heavy (non-hydrogen) atoms. The van der Waals surface area contributed by atoms with Crippen LogP contribution in [0.1, 0.15) is 10.4 Å². The average Bonchev–Trinajstić information content (AvgIpc) is 2.30. The molecule has 1 heterocycles. The molecule has 0 fully saturated rings. The van der Waals surface area contributed by atoms with Crippen LogP contribution in [0.4, 0.5) is 4.39 Å². The van der Waals surface area contributed by atoms with Gasteiger partial charge in [0.05, 0.1) is 5.56 Å². The quantitative estimate of drug-likeness (QED) is 0.736. The van der Waals surface area contributed by atoms with Crippen LogP contribution in [0.5, 0.6) is 0 Å². The summed E-state index contributed by atoms with van der Waals surface area (Å²) in [6.45, 7) is 0.295. The number of hydrogen-bond donors (Lipinski definition) is 1. The van der Waals surface area contributed by atoms with E-state index in [1.165, 1.54) is 6.07 Å². The first-order valence-electron chi connectivity index (χ1n) is 2.66. The van der Waals surface area contributed by atoms with Gasteiger partial charge in [-0.25, -0.2) is 0 Å². The Hall–Kier alpha value is -0.630. The Bertz CT molecular complexity index is 279. The van der Waals surface area contributed by atoms with Crippen molar-refractivity contribution in [2.24, 2.45) is 5.73 Å². The van der Waals surface area contributed by atoms with E-state index >= 15 is 0 Å². The molecule has 0 aliphatic heterocycles. The fourth-order valence-corrected chi connectivity index (χ4v) is 1.30. The van der Waals surface area contributed by atoms with Crippen LogP contribution in [-0.2, 0) is 6.54 Å². The molecule has 2 nitrogen and oxygen atoms in total. The smallest absolute Gasteiger partial charge is 0.194 e. The molecule has 0 atom stereocenters. The summed E-state index contributed by atoms with van der Waals surface area (Å²) in [5, 5.41) is 7.86. The summed E-state index contributed by atoms with van der Waals surface area (Å²) >= 11 is 0.925. The molecule has 0 aliphatic rings. The minimum Gasteiger partial charge on any atom is -0.326 e. The topological polar surface area (TPSA) is 49.8 Å². The van der Waals surface area contributed by atoms with Crippen LogP contribution >= 0.6 is 23.7 Å². The van der Waals surface area contributed by atoms with E-state index in [0.717, 1.165) is 11.3 Å². The zero-order valence-electron chi connectivity index (χ0n) is 5.50. The van der Waals surface area contributed by atoms with Crippen molar-refractivity contribution in [3.05, 3.63) is 21.6 Å². The monoisotopic (exact) mass is 192 g/mol. The van der Waals surface area contributed by atoms with Crippen LogP contribution in [0.3, 0.4) is 0 Å². The molecule has 0 radical (unpaired) electrons. The van der Waals surface area contributed by atoms with Gasteiger partial charge in [0.2, 0.25) is 0 Å². The molecule has 1 aromatic heterocycles. The highest BCUT2D eigenvalue weighted by Gasteiger charge is 2.05. The van der Waals surface area contributed by atoms with E-state index in [1.54, 1.807) is 6.07 Å². The SMILES string of the molecule is Cl.N#Cc1cc(CN)sc1F. The largest absolute Gasteiger partial charge is 0.326 e. The predicted molar refractivity (Wildman–Crippen MR) is 44.1 cm³/mol. The molecule has 0 unspecified atom stereocenters. The maximum atomic E-state index is 12.5. The second kappa shape index (κ2) is 4.29. The van der Waals surface area contributed by atoms with Crippen molar-refractivity contribution in [1.82, 2.24) is 0 Å². The number of halogens is 2. The Morgan fingerprint density at radius 3 is 2.64 bits per heavy atom. The number of thiophene rings is 1. The molecule has 0 bridgehead atoms. The number of nitrogens with two attached hydrogens (primary N) is 1. The summed E-state index contributed by atoms with van der Waals surface area (Å²) in [4.78, 5) is 0.703. The normalized spacial score (nSPS) is 8.45. The number of nitriles is 1. The van der Waals surface area contributed by atoms with Crippen LogP contribution < -0.4 is 5.73 Å². The fraction of sp³-hybridized carbons (Fsp3) is 0.167. The Morgan fingerprint density at radius 1 is 1.73 bits per heavy atom. The van der Waals surface area contributed by atoms with Crippen LogP contribution in [0, 0.1) is 16.5 Å². The molecule has 1 rings (SSSR count). The van der Waals surface area contributed by atoms with E-state index in [0.29, 0.717) is 11.4 Å². The number of rotatable bonds is 1. The lowest BCUT2D eigenvalue weighted by Crippen LogP contribution is -1.91. The molecule has 2 N–H and O–H groups in total. The highest BCUT2D eigenvalue weighted by atomic mass is 35.5. The first kappa shape index (κ1) is 10.4. The summed E-state index contributed by atoms with van der Waals surface area (Å²) in [7, 11) is 0. The summed E-state index contributed by atoms with van der Waals surface area (Å²) in [5.41, 5.74) is 5.31. The van der Waals surface area contributed by atoms with Crippen LogP contribution in [0.2, 0.25) is 0 Å². The molecule has 0 saturated heterocycles. The molecule has 1 aromatic rings. The zero-order chi connectivity index (χ0) is 7.56. The summed E-state index contributed by atoms with van der Waals surface area (Å²) in [5.74, 6) is 0. The molecule has 0 aromatic carbocycles. The fourth-order valence-electron chi connectivity index (χ4n) is 0.594. The van der Waals surface area contributed by atoms with Crippen LogP contribution in [-0.4, -0.2) is 0 Å². The molecule has 60 valence electrons. The van der Waals surface area contributed by atoms with E-state index in [1.807, 2.05) is 0 Å². The minimum absolute atomic E-state index is 0. The van der Waals surface area contributed by atoms with E-state index < -0.39 is 5.13 Å². The molecular formula is C6H6ClFN2S. The Kier molecular flexibility index (Phi) is 4.04. The van der Waals surface area contributed by atoms with Crippen molar-refractivity contribution in [2.45, 2.75) is 6.54 Å². The van der Waals surface area contributed by atoms with Crippen molar-refractivity contribution in [3.63, 3.8) is 0 Å². The van der Waals surface area contributed by atoms with Crippen molar-refractivity contribution >= 4 is 23.7 Å². The van der Waals surface area contributed by atoms with Crippen molar-refractivity contribution in [2.75, 3.05) is 0 Å². The van der Waals surface area contributed by atoms with Crippen LogP contribution in [0.25, 0.3) is 0 Å². The van der Waals surface area contributed by atoms with Gasteiger partial charge in [0.1, 0.15) is 6.07 Å². The third kappa shape index (κ3) is 2.15. The third-order valence-electron chi connectivity index (χ3n) is 1.06. The number of hydrogen-bond acceptors (Lipinski definition) is 3. The zero-order valence-corrected chi connectivity index (χ0v) is 7.14. The van der Waals surface area contributed by atoms with Gasteiger partial charge in [-0.3, -0.25) is 0 Å². The van der Waals surface area contributed by atoms with Gasteiger partial charge in [-0.05, 0) is 6.07 Å². The summed E-state index contributed by atoms with van der Waals surface area (Å²) in [6, 6.07) is 3.20. The van der Waals surface area contributed by atoms with Crippen LogP contribution in [0.15, 0.2) is 6.07 Å². The predicted octanol–water partition coefficient (Wildman–Crippen LogP) is 1.64. The second-order valence-electron chi connectivity index (χ2n) is 1.72. The van der Waals surface area contributed by atoms with Crippen molar-refractivity contribution in [1.29, 1.82) is 5.26 Å². The highest BCUT2D eigenvalue weighted by Crippen LogP contribution is 2.18. The highest BCUT2D eigenvalue weighted by molar-refractivity contribution is 7.10. The van der Waals surface area contributed by atoms with Gasteiger partial charge in [0.25, 0.3) is 0 Å². The second-order valence-corrected chi connectivity index (χ2v) is 2.80. The lowest BCUT2D eigenvalue weighted by Gasteiger charge is -1.79. The van der Waals surface area contributed by atoms with Crippen molar-refractivity contribution in [3.8, 4) is 6.07 Å². The lowest BCUT2D eigenvalue weighted by atomic mass is 10.3. The number of nitrogens with zero attached hydrogens (tertiary/aromatic N) is 1. The first-order chi connectivity index (χ1) is 4.77. The van der Waals surface area contributed by atoms with Gasteiger partial charge < -0.3 is 5.73 Å². The Morgan fingerprint density at radius 2 is 2.36 bits per heavy atom. The maximum absolute atomic E-state index is 12.5. The Labute approximate surface area is 73.9 Å². The molecule has 0 aliphatic carbocycles. The molecule has 0 spiro atoms. The standard InChI is InChI=1S/C6H5FN2S.ClH/c7-6-4(2-8)1-5(3-9)10-6;/h1H,3,9H2;1H. The van der Waals surface area contributed by atoms with E-state index in [9.17, 15) is 4.39 Å². The molecular weight excluding hydrogens is 187 g/mol. The molecule has 0 saturated carbocycles. The molecule has 0 amide bonds. The van der Waals surface area contributed by atoms with Gasteiger partial charge >= 0.3 is 0 Å². The lowest BCUT2D eigenvalue weighted by molar-refractivity contribution is 0.654. The first-order valence-corrected chi connectivity index (χ1v) is 3.48. The van der Waals surface area contributed by atoms with Gasteiger partial charge in [-0.1, -0.05) is 0 Å². The van der Waals surface area contributed by atoms with E-state index in [-0.39, 0.29) is 18.0 Å². The van der Waals surface area contributed by atoms with Gasteiger partial charge in [-0.2, -0.15) is 9.65 Å². The van der Waals surface area contributed by atoms with Gasteiger partial charge in [0.15, 0.2) is 5.13 Å². The summed E-state index contributed by atoms with van der Waals surface area (Å²) < 4.78 is 12.5. The van der Waals surface area contributed by atoms with Gasteiger partial charge in [-0.15, -0.1) is 23.7 Å². The average molecular weight is 193 g/mol. The Balaban J connectivity index is 0.000001000. The van der Waals surface area contributed by atoms with E-state index in [4.69, 9.17) is 11.0 Å². The molecule has 5 heteroatoms. The van der Waals surface area contributed by atoms with E-state index in [2.05, 4.69) is 0 Å². The third-order valence-corrected chi connectivity index (χ3v) is 2.01.